The molecule has 36 heavy (non-hydrogen) atoms. The summed E-state index contributed by atoms with van der Waals surface area (Å²) < 4.78 is 21.5. The molecule has 6 heteroatoms. The van der Waals surface area contributed by atoms with E-state index < -0.39 is 6.16 Å². The van der Waals surface area contributed by atoms with Gasteiger partial charge in [-0.1, -0.05) is 110 Å². The number of hydrogen-bond acceptors (Lipinski definition) is 6. The average Bonchev–Trinajstić information content (AvgIpc) is 2.90. The quantitative estimate of drug-likeness (QED) is 0.0913. The van der Waals surface area contributed by atoms with Crippen LogP contribution in [0, 0.1) is 0 Å². The van der Waals surface area contributed by atoms with E-state index in [0.29, 0.717) is 13.2 Å². The lowest BCUT2D eigenvalue weighted by atomic mass is 10.0. The Morgan fingerprint density at radius 3 is 1.72 bits per heavy atom. The predicted octanol–water partition coefficient (Wildman–Crippen LogP) is 7.92. The highest BCUT2D eigenvalue weighted by Gasteiger charge is 2.14. The van der Waals surface area contributed by atoms with Crippen molar-refractivity contribution < 1.29 is 23.7 Å². The lowest BCUT2D eigenvalue weighted by Crippen LogP contribution is -2.33. The van der Waals surface area contributed by atoms with Crippen LogP contribution in [0.3, 0.4) is 0 Å². The van der Waals surface area contributed by atoms with Gasteiger partial charge in [0.2, 0.25) is 0 Å². The van der Waals surface area contributed by atoms with Crippen molar-refractivity contribution >= 4 is 6.16 Å². The van der Waals surface area contributed by atoms with E-state index in [1.54, 1.807) is 7.11 Å². The fourth-order valence-corrected chi connectivity index (χ4v) is 4.79. The number of methoxy groups -OCH3 is 1. The molecule has 1 fully saturated rings. The monoisotopic (exact) mass is 513 g/mol. The lowest BCUT2D eigenvalue weighted by molar-refractivity contribution is -0.0389. The normalized spacial score (nSPS) is 15.2. The van der Waals surface area contributed by atoms with Crippen LogP contribution in [0.2, 0.25) is 0 Å². The van der Waals surface area contributed by atoms with Crippen LogP contribution in [0.5, 0.6) is 0 Å². The molecule has 0 aliphatic carbocycles. The van der Waals surface area contributed by atoms with Crippen LogP contribution in [-0.4, -0.2) is 70.3 Å². The van der Waals surface area contributed by atoms with Crippen LogP contribution >= 0.6 is 0 Å². The summed E-state index contributed by atoms with van der Waals surface area (Å²) in [5.41, 5.74) is 0. The standard InChI is InChI=1S/C30H59NO5/c1-3-4-5-6-7-8-9-10-11-12-13-14-15-16-17-21-25-34-27-29(33-2)28-36-30(32)35-26-24-31-22-19-18-20-23-31/h29H,3-28H2,1-2H3/t29-/m0/s1. The maximum Gasteiger partial charge on any atom is 0.508 e. The zero-order valence-corrected chi connectivity index (χ0v) is 24.0. The molecule has 0 saturated carbocycles. The summed E-state index contributed by atoms with van der Waals surface area (Å²) in [6.07, 6.45) is 24.8. The second kappa shape index (κ2) is 25.8. The summed E-state index contributed by atoms with van der Waals surface area (Å²) in [7, 11) is 1.62. The SMILES string of the molecule is CCCCCCCCCCCCCCCCCCOC[C@@H](COC(=O)OCCN1CCCCC1)OC. The molecular formula is C30H59NO5. The topological polar surface area (TPSA) is 57.2 Å². The number of carbonyl (C=O) groups excluding carboxylic acids is 1. The second-order valence-electron chi connectivity index (χ2n) is 10.5. The fourth-order valence-electron chi connectivity index (χ4n) is 4.79. The van der Waals surface area contributed by atoms with Gasteiger partial charge in [0.05, 0.1) is 6.61 Å². The molecule has 1 heterocycles. The number of piperidine rings is 1. The van der Waals surface area contributed by atoms with Crippen LogP contribution in [-0.2, 0) is 18.9 Å². The first-order chi connectivity index (χ1) is 17.8. The van der Waals surface area contributed by atoms with Gasteiger partial charge < -0.3 is 18.9 Å². The fraction of sp³-hybridized carbons (Fsp3) is 0.967. The Bertz CT molecular complexity index is 470. The van der Waals surface area contributed by atoms with Gasteiger partial charge in [-0.3, -0.25) is 4.90 Å². The maximum atomic E-state index is 11.8. The molecule has 0 radical (unpaired) electrons. The Morgan fingerprint density at radius 1 is 0.667 bits per heavy atom. The van der Waals surface area contributed by atoms with E-state index in [9.17, 15) is 4.79 Å². The van der Waals surface area contributed by atoms with Crippen molar-refractivity contribution in [2.75, 3.05) is 53.2 Å². The largest absolute Gasteiger partial charge is 0.508 e. The van der Waals surface area contributed by atoms with E-state index in [1.165, 1.54) is 116 Å². The van der Waals surface area contributed by atoms with Crippen molar-refractivity contribution in [3.8, 4) is 0 Å². The minimum Gasteiger partial charge on any atom is -0.433 e. The van der Waals surface area contributed by atoms with Crippen LogP contribution < -0.4 is 0 Å². The van der Waals surface area contributed by atoms with Gasteiger partial charge >= 0.3 is 6.16 Å². The Morgan fingerprint density at radius 2 is 1.19 bits per heavy atom. The van der Waals surface area contributed by atoms with Gasteiger partial charge in [0, 0.05) is 20.3 Å². The molecule has 6 nitrogen and oxygen atoms in total. The van der Waals surface area contributed by atoms with E-state index in [1.807, 2.05) is 0 Å². The van der Waals surface area contributed by atoms with Crippen molar-refractivity contribution in [3.63, 3.8) is 0 Å². The van der Waals surface area contributed by atoms with Gasteiger partial charge in [-0.15, -0.1) is 0 Å². The molecular weight excluding hydrogens is 454 g/mol. The van der Waals surface area contributed by atoms with Gasteiger partial charge in [0.1, 0.15) is 19.3 Å². The third-order valence-corrected chi connectivity index (χ3v) is 7.24. The number of carbonyl (C=O) groups is 1. The highest BCUT2D eigenvalue weighted by molar-refractivity contribution is 5.59. The zero-order valence-electron chi connectivity index (χ0n) is 24.0. The molecule has 0 aromatic heterocycles. The number of hydrogen-bond donors (Lipinski definition) is 0. The van der Waals surface area contributed by atoms with Gasteiger partial charge in [0.25, 0.3) is 0 Å². The molecule has 0 bridgehead atoms. The first-order valence-corrected chi connectivity index (χ1v) is 15.4. The summed E-state index contributed by atoms with van der Waals surface area (Å²) in [5.74, 6) is 0. The van der Waals surface area contributed by atoms with E-state index in [-0.39, 0.29) is 12.7 Å². The minimum absolute atomic E-state index is 0.165. The average molecular weight is 514 g/mol. The Kier molecular flexibility index (Phi) is 23.8. The number of likely N-dealkylation sites (tertiary alicyclic amines) is 1. The highest BCUT2D eigenvalue weighted by atomic mass is 16.7. The second-order valence-corrected chi connectivity index (χ2v) is 10.5. The van der Waals surface area contributed by atoms with Gasteiger partial charge in [-0.25, -0.2) is 4.79 Å². The maximum absolute atomic E-state index is 11.8. The molecule has 0 N–H and O–H groups in total. The predicted molar refractivity (Wildman–Crippen MR) is 149 cm³/mol. The van der Waals surface area contributed by atoms with E-state index in [4.69, 9.17) is 18.9 Å². The minimum atomic E-state index is -0.619. The van der Waals surface area contributed by atoms with Crippen molar-refractivity contribution in [2.24, 2.45) is 0 Å². The number of nitrogens with zero attached hydrogens (tertiary/aromatic N) is 1. The molecule has 0 unspecified atom stereocenters. The van der Waals surface area contributed by atoms with Crippen molar-refractivity contribution in [1.29, 1.82) is 0 Å². The van der Waals surface area contributed by atoms with E-state index in [2.05, 4.69) is 11.8 Å². The molecule has 1 rings (SSSR count). The smallest absolute Gasteiger partial charge is 0.433 e. The van der Waals surface area contributed by atoms with Crippen molar-refractivity contribution in [3.05, 3.63) is 0 Å². The Balaban J connectivity index is 1.80. The summed E-state index contributed by atoms with van der Waals surface area (Å²) in [4.78, 5) is 14.1. The Hall–Kier alpha value is -0.850. The molecule has 1 aliphatic heterocycles. The number of rotatable bonds is 25. The van der Waals surface area contributed by atoms with Crippen LogP contribution in [0.15, 0.2) is 0 Å². The summed E-state index contributed by atoms with van der Waals surface area (Å²) in [6.45, 7) is 6.98. The first-order valence-electron chi connectivity index (χ1n) is 15.4. The molecule has 0 amide bonds. The van der Waals surface area contributed by atoms with Crippen molar-refractivity contribution in [2.45, 2.75) is 135 Å². The van der Waals surface area contributed by atoms with E-state index in [0.717, 1.165) is 32.7 Å². The molecule has 1 saturated heterocycles. The lowest BCUT2D eigenvalue weighted by Gasteiger charge is -2.25. The third-order valence-electron chi connectivity index (χ3n) is 7.24. The van der Waals surface area contributed by atoms with E-state index >= 15 is 0 Å². The van der Waals surface area contributed by atoms with Crippen LogP contribution in [0.1, 0.15) is 129 Å². The summed E-state index contributed by atoms with van der Waals surface area (Å²) in [5, 5.41) is 0. The molecule has 214 valence electrons. The Labute approximate surface area is 223 Å². The molecule has 1 atom stereocenters. The first kappa shape index (κ1) is 33.2. The highest BCUT2D eigenvalue weighted by Crippen LogP contribution is 2.14. The van der Waals surface area contributed by atoms with Gasteiger partial charge in [-0.05, 0) is 32.4 Å². The number of ether oxygens (including phenoxy) is 4. The van der Waals surface area contributed by atoms with Crippen LogP contribution in [0.25, 0.3) is 0 Å². The summed E-state index contributed by atoms with van der Waals surface area (Å²) >= 11 is 0. The molecule has 1 aliphatic rings. The molecule has 0 aromatic rings. The van der Waals surface area contributed by atoms with Gasteiger partial charge in [0.15, 0.2) is 0 Å². The zero-order chi connectivity index (χ0) is 25.9. The summed E-state index contributed by atoms with van der Waals surface area (Å²) in [6, 6.07) is 0. The van der Waals surface area contributed by atoms with Gasteiger partial charge in [-0.2, -0.15) is 0 Å². The number of unbranched alkanes of at least 4 members (excludes halogenated alkanes) is 15. The molecule has 0 aromatic carbocycles. The van der Waals surface area contributed by atoms with Crippen LogP contribution in [0.4, 0.5) is 4.79 Å². The van der Waals surface area contributed by atoms with Crippen molar-refractivity contribution in [1.82, 2.24) is 4.90 Å². The molecule has 0 spiro atoms. The third kappa shape index (κ3) is 21.3.